The molecule has 0 aromatic heterocycles. The lowest BCUT2D eigenvalue weighted by atomic mass is 10.0. The van der Waals surface area contributed by atoms with Crippen molar-refractivity contribution in [1.82, 2.24) is 0 Å². The second-order valence-corrected chi connectivity index (χ2v) is 3.37. The molecule has 0 aliphatic carbocycles. The highest BCUT2D eigenvalue weighted by molar-refractivity contribution is 5.51. The van der Waals surface area contributed by atoms with Gasteiger partial charge in [-0.15, -0.1) is 12.3 Å². The Labute approximate surface area is 101 Å². The van der Waals surface area contributed by atoms with Gasteiger partial charge in [-0.2, -0.15) is 0 Å². The number of aliphatic hydroxyl groups is 1. The van der Waals surface area contributed by atoms with Gasteiger partial charge in [0.25, 0.3) is 0 Å². The third-order valence-corrected chi connectivity index (χ3v) is 2.41. The fourth-order valence-corrected chi connectivity index (χ4v) is 1.53. The van der Waals surface area contributed by atoms with Gasteiger partial charge in [0.15, 0.2) is 11.5 Å². The quantitative estimate of drug-likeness (QED) is 0.791. The largest absolute Gasteiger partial charge is 0.496 e. The summed E-state index contributed by atoms with van der Waals surface area (Å²) in [7, 11) is 4.59. The third-order valence-electron chi connectivity index (χ3n) is 2.41. The predicted octanol–water partition coefficient (Wildman–Crippen LogP) is 1.77. The highest BCUT2D eigenvalue weighted by atomic mass is 16.5. The van der Waals surface area contributed by atoms with Gasteiger partial charge in [0.1, 0.15) is 5.75 Å². The van der Waals surface area contributed by atoms with E-state index >= 15 is 0 Å². The van der Waals surface area contributed by atoms with Crippen LogP contribution in [0.3, 0.4) is 0 Å². The van der Waals surface area contributed by atoms with Gasteiger partial charge in [0.05, 0.1) is 27.4 Å². The van der Waals surface area contributed by atoms with E-state index in [9.17, 15) is 5.11 Å². The van der Waals surface area contributed by atoms with Gasteiger partial charge >= 0.3 is 0 Å². The minimum Gasteiger partial charge on any atom is -0.496 e. The summed E-state index contributed by atoms with van der Waals surface area (Å²) in [6.45, 7) is 0. The van der Waals surface area contributed by atoms with Crippen molar-refractivity contribution in [2.24, 2.45) is 0 Å². The molecule has 4 heteroatoms. The van der Waals surface area contributed by atoms with Crippen molar-refractivity contribution in [3.63, 3.8) is 0 Å². The van der Waals surface area contributed by atoms with Crippen molar-refractivity contribution in [1.29, 1.82) is 0 Å². The fourth-order valence-electron chi connectivity index (χ4n) is 1.53. The zero-order valence-corrected chi connectivity index (χ0v) is 10.2. The SMILES string of the molecule is C#CCC(O)c1cc(OC)c(OC)cc1OC. The summed E-state index contributed by atoms with van der Waals surface area (Å²) in [6, 6.07) is 3.33. The van der Waals surface area contributed by atoms with Crippen LogP contribution in [0, 0.1) is 12.3 Å². The standard InChI is InChI=1S/C13H16O4/c1-5-6-10(14)9-7-12(16-3)13(17-4)8-11(9)15-2/h1,7-8,10,14H,6H2,2-4H3. The second kappa shape index (κ2) is 6.02. The first-order valence-electron chi connectivity index (χ1n) is 5.09. The number of methoxy groups -OCH3 is 3. The lowest BCUT2D eigenvalue weighted by molar-refractivity contribution is 0.178. The molecule has 1 unspecified atom stereocenters. The van der Waals surface area contributed by atoms with E-state index in [-0.39, 0.29) is 6.42 Å². The van der Waals surface area contributed by atoms with E-state index in [1.54, 1.807) is 12.1 Å². The molecule has 0 amide bonds. The zero-order valence-electron chi connectivity index (χ0n) is 10.2. The Morgan fingerprint density at radius 2 is 1.65 bits per heavy atom. The summed E-state index contributed by atoms with van der Waals surface area (Å²) in [5.41, 5.74) is 0.586. The zero-order chi connectivity index (χ0) is 12.8. The van der Waals surface area contributed by atoms with Gasteiger partial charge < -0.3 is 19.3 Å². The van der Waals surface area contributed by atoms with Crippen LogP contribution < -0.4 is 14.2 Å². The molecule has 1 aromatic rings. The van der Waals surface area contributed by atoms with Gasteiger partial charge in [-0.05, 0) is 6.07 Å². The fraction of sp³-hybridized carbons (Fsp3) is 0.385. The van der Waals surface area contributed by atoms with Crippen molar-refractivity contribution in [2.45, 2.75) is 12.5 Å². The van der Waals surface area contributed by atoms with E-state index in [0.29, 0.717) is 22.8 Å². The van der Waals surface area contributed by atoms with Crippen LogP contribution in [0.4, 0.5) is 0 Å². The molecule has 1 atom stereocenters. The number of ether oxygens (including phenoxy) is 3. The van der Waals surface area contributed by atoms with Crippen molar-refractivity contribution in [3.05, 3.63) is 17.7 Å². The molecule has 0 spiro atoms. The summed E-state index contributed by atoms with van der Waals surface area (Å²) in [5, 5.41) is 9.90. The van der Waals surface area contributed by atoms with E-state index in [4.69, 9.17) is 20.6 Å². The van der Waals surface area contributed by atoms with Crippen LogP contribution >= 0.6 is 0 Å². The maximum Gasteiger partial charge on any atom is 0.164 e. The van der Waals surface area contributed by atoms with Crippen molar-refractivity contribution >= 4 is 0 Å². The number of terminal acetylenes is 1. The predicted molar refractivity (Wildman–Crippen MR) is 64.5 cm³/mol. The van der Waals surface area contributed by atoms with E-state index in [2.05, 4.69) is 5.92 Å². The Hall–Kier alpha value is -1.86. The Morgan fingerprint density at radius 3 is 2.12 bits per heavy atom. The first-order valence-corrected chi connectivity index (χ1v) is 5.09. The van der Waals surface area contributed by atoms with Crippen LogP contribution in [0.15, 0.2) is 12.1 Å². The van der Waals surface area contributed by atoms with Gasteiger partial charge in [-0.3, -0.25) is 0 Å². The molecular formula is C13H16O4. The van der Waals surface area contributed by atoms with Gasteiger partial charge in [-0.25, -0.2) is 0 Å². The monoisotopic (exact) mass is 236 g/mol. The minimum atomic E-state index is -0.783. The van der Waals surface area contributed by atoms with E-state index in [1.807, 2.05) is 0 Å². The molecule has 1 rings (SSSR count). The Morgan fingerprint density at radius 1 is 1.12 bits per heavy atom. The molecule has 0 saturated carbocycles. The van der Waals surface area contributed by atoms with Crippen LogP contribution in [0.1, 0.15) is 18.1 Å². The highest BCUT2D eigenvalue weighted by Gasteiger charge is 2.17. The molecule has 4 nitrogen and oxygen atoms in total. The molecule has 0 fully saturated rings. The van der Waals surface area contributed by atoms with Gasteiger partial charge in [-0.1, -0.05) is 0 Å². The van der Waals surface area contributed by atoms with Crippen LogP contribution in [0.5, 0.6) is 17.2 Å². The molecule has 0 saturated heterocycles. The maximum atomic E-state index is 9.90. The minimum absolute atomic E-state index is 0.214. The average Bonchev–Trinajstić information content (AvgIpc) is 2.37. The maximum absolute atomic E-state index is 9.90. The Bertz CT molecular complexity index is 420. The summed E-state index contributed by atoms with van der Waals surface area (Å²) in [6.07, 6.45) is 4.61. The summed E-state index contributed by atoms with van der Waals surface area (Å²) in [4.78, 5) is 0. The topological polar surface area (TPSA) is 47.9 Å². The molecule has 92 valence electrons. The summed E-state index contributed by atoms with van der Waals surface area (Å²) >= 11 is 0. The van der Waals surface area contributed by atoms with Gasteiger partial charge in [0.2, 0.25) is 0 Å². The van der Waals surface area contributed by atoms with Crippen LogP contribution in [-0.4, -0.2) is 26.4 Å². The Balaban J connectivity index is 3.24. The van der Waals surface area contributed by atoms with E-state index in [0.717, 1.165) is 0 Å². The molecule has 0 heterocycles. The smallest absolute Gasteiger partial charge is 0.164 e. The molecule has 0 bridgehead atoms. The van der Waals surface area contributed by atoms with Crippen LogP contribution in [-0.2, 0) is 0 Å². The molecule has 1 N–H and O–H groups in total. The normalized spacial score (nSPS) is 11.5. The van der Waals surface area contributed by atoms with E-state index in [1.165, 1.54) is 21.3 Å². The van der Waals surface area contributed by atoms with Crippen molar-refractivity contribution < 1.29 is 19.3 Å². The molecule has 0 radical (unpaired) electrons. The summed E-state index contributed by atoms with van der Waals surface area (Å²) < 4.78 is 15.5. The molecular weight excluding hydrogens is 220 g/mol. The number of rotatable bonds is 5. The number of hydrogen-bond donors (Lipinski definition) is 1. The number of benzene rings is 1. The lowest BCUT2D eigenvalue weighted by Crippen LogP contribution is -2.02. The molecule has 1 aromatic carbocycles. The lowest BCUT2D eigenvalue weighted by Gasteiger charge is -2.16. The second-order valence-electron chi connectivity index (χ2n) is 3.37. The first-order chi connectivity index (χ1) is 8.17. The average molecular weight is 236 g/mol. The highest BCUT2D eigenvalue weighted by Crippen LogP contribution is 2.38. The van der Waals surface area contributed by atoms with Crippen molar-refractivity contribution in [2.75, 3.05) is 21.3 Å². The van der Waals surface area contributed by atoms with Crippen molar-refractivity contribution in [3.8, 4) is 29.6 Å². The van der Waals surface area contributed by atoms with Gasteiger partial charge in [0, 0.05) is 18.1 Å². The number of hydrogen-bond acceptors (Lipinski definition) is 4. The molecule has 0 aliphatic rings. The Kier molecular flexibility index (Phi) is 4.68. The molecule has 17 heavy (non-hydrogen) atoms. The number of aliphatic hydroxyl groups excluding tert-OH is 1. The van der Waals surface area contributed by atoms with Crippen LogP contribution in [0.25, 0.3) is 0 Å². The summed E-state index contributed by atoms with van der Waals surface area (Å²) in [5.74, 6) is 3.99. The third kappa shape index (κ3) is 2.83. The van der Waals surface area contributed by atoms with E-state index < -0.39 is 6.10 Å². The first kappa shape index (κ1) is 13.2. The van der Waals surface area contributed by atoms with Crippen LogP contribution in [0.2, 0.25) is 0 Å². The molecule has 0 aliphatic heterocycles.